The minimum Gasteiger partial charge on any atom is -0.480 e. The normalized spacial score (nSPS) is 13.4. The molecular weight excluding hydrogens is 317 g/mol. The zero-order valence-corrected chi connectivity index (χ0v) is 11.0. The molecule has 94 valence electrons. The van der Waals surface area contributed by atoms with Crippen molar-refractivity contribution in [2.24, 2.45) is 0 Å². The first kappa shape index (κ1) is 14.1. The summed E-state index contributed by atoms with van der Waals surface area (Å²) in [6, 6.07) is 2.06. The smallest absolute Gasteiger partial charge is 0.321 e. The van der Waals surface area contributed by atoms with Gasteiger partial charge in [0.1, 0.15) is 16.8 Å². The molecule has 0 bridgehead atoms. The van der Waals surface area contributed by atoms with Crippen LogP contribution in [-0.2, 0) is 14.8 Å². The Morgan fingerprint density at radius 2 is 2.12 bits per heavy atom. The van der Waals surface area contributed by atoms with Gasteiger partial charge in [-0.25, -0.2) is 12.8 Å². The number of carboxylic acids is 1. The van der Waals surface area contributed by atoms with Crippen LogP contribution in [0.15, 0.2) is 27.6 Å². The molecule has 1 unspecified atom stereocenters. The predicted molar refractivity (Wildman–Crippen MR) is 61.5 cm³/mol. The lowest BCUT2D eigenvalue weighted by Gasteiger charge is -2.10. The van der Waals surface area contributed by atoms with Crippen LogP contribution < -0.4 is 4.72 Å². The zero-order chi connectivity index (χ0) is 13.2. The molecule has 0 aliphatic rings. The summed E-state index contributed by atoms with van der Waals surface area (Å²) in [5, 5.41) is 8.58. The summed E-state index contributed by atoms with van der Waals surface area (Å²) >= 11 is 2.99. The number of carbonyl (C=O) groups is 1. The van der Waals surface area contributed by atoms with Crippen molar-refractivity contribution in [3.63, 3.8) is 0 Å². The Morgan fingerprint density at radius 1 is 1.53 bits per heavy atom. The number of nitrogens with one attached hydrogen (secondary N) is 1. The van der Waals surface area contributed by atoms with Crippen LogP contribution in [0.3, 0.4) is 0 Å². The summed E-state index contributed by atoms with van der Waals surface area (Å²) in [7, 11) is -4.18. The van der Waals surface area contributed by atoms with E-state index in [0.29, 0.717) is 4.47 Å². The SMILES string of the molecule is CC(NS(=O)(=O)c1ccc(Br)cc1F)C(=O)O. The van der Waals surface area contributed by atoms with Crippen LogP contribution >= 0.6 is 15.9 Å². The van der Waals surface area contributed by atoms with Crippen molar-refractivity contribution in [3.05, 3.63) is 28.5 Å². The fourth-order valence-corrected chi connectivity index (χ4v) is 2.63. The second-order valence-electron chi connectivity index (χ2n) is 3.26. The van der Waals surface area contributed by atoms with E-state index in [1.54, 1.807) is 0 Å². The molecule has 0 aliphatic carbocycles. The van der Waals surface area contributed by atoms with Gasteiger partial charge in [0, 0.05) is 4.47 Å². The van der Waals surface area contributed by atoms with Crippen LogP contribution in [0.5, 0.6) is 0 Å². The van der Waals surface area contributed by atoms with Gasteiger partial charge < -0.3 is 5.11 Å². The number of sulfonamides is 1. The molecule has 1 aromatic carbocycles. The first-order chi connectivity index (χ1) is 7.74. The van der Waals surface area contributed by atoms with Crippen LogP contribution in [0.2, 0.25) is 0 Å². The molecule has 1 atom stereocenters. The van der Waals surface area contributed by atoms with Gasteiger partial charge in [-0.2, -0.15) is 4.72 Å². The Morgan fingerprint density at radius 3 is 2.59 bits per heavy atom. The molecule has 2 N–H and O–H groups in total. The van der Waals surface area contributed by atoms with E-state index < -0.39 is 32.7 Å². The Bertz CT molecular complexity index is 546. The number of hydrogen-bond acceptors (Lipinski definition) is 3. The molecule has 1 aromatic rings. The summed E-state index contributed by atoms with van der Waals surface area (Å²) in [5.41, 5.74) is 0. The molecule has 5 nitrogen and oxygen atoms in total. The van der Waals surface area contributed by atoms with Crippen molar-refractivity contribution in [1.82, 2.24) is 4.72 Å². The molecule has 0 aromatic heterocycles. The van der Waals surface area contributed by atoms with Gasteiger partial charge in [0.25, 0.3) is 0 Å². The lowest BCUT2D eigenvalue weighted by atomic mass is 10.3. The van der Waals surface area contributed by atoms with Gasteiger partial charge in [0.05, 0.1) is 0 Å². The molecule has 0 heterocycles. The molecule has 0 fully saturated rings. The monoisotopic (exact) mass is 325 g/mol. The molecule has 0 spiro atoms. The van der Waals surface area contributed by atoms with E-state index >= 15 is 0 Å². The van der Waals surface area contributed by atoms with Crippen molar-refractivity contribution in [2.75, 3.05) is 0 Å². The second kappa shape index (κ2) is 5.11. The standard InChI is InChI=1S/C9H9BrFNO4S/c1-5(9(13)14)12-17(15,16)8-3-2-6(10)4-7(8)11/h2-5,12H,1H3,(H,13,14). The third-order valence-corrected chi connectivity index (χ3v) is 3.95. The van der Waals surface area contributed by atoms with E-state index in [2.05, 4.69) is 15.9 Å². The Hall–Kier alpha value is -0.990. The molecule has 0 saturated carbocycles. The first-order valence-electron chi connectivity index (χ1n) is 4.44. The van der Waals surface area contributed by atoms with Gasteiger partial charge in [0.2, 0.25) is 10.0 Å². The van der Waals surface area contributed by atoms with Crippen LogP contribution in [-0.4, -0.2) is 25.5 Å². The van der Waals surface area contributed by atoms with Crippen LogP contribution in [0.4, 0.5) is 4.39 Å². The lowest BCUT2D eigenvalue weighted by molar-refractivity contribution is -0.138. The van der Waals surface area contributed by atoms with Gasteiger partial charge in [-0.1, -0.05) is 15.9 Å². The Kier molecular flexibility index (Phi) is 4.23. The van der Waals surface area contributed by atoms with Gasteiger partial charge in [-0.15, -0.1) is 0 Å². The topological polar surface area (TPSA) is 83.5 Å². The molecular formula is C9H9BrFNO4S. The summed E-state index contributed by atoms with van der Waals surface area (Å²) < 4.78 is 38.9. The van der Waals surface area contributed by atoms with Crippen LogP contribution in [0.25, 0.3) is 0 Å². The van der Waals surface area contributed by atoms with E-state index in [-0.39, 0.29) is 0 Å². The summed E-state index contributed by atoms with van der Waals surface area (Å²) in [6.45, 7) is 1.15. The number of rotatable bonds is 4. The van der Waals surface area contributed by atoms with Crippen molar-refractivity contribution in [2.45, 2.75) is 17.9 Å². The van der Waals surface area contributed by atoms with E-state index in [1.165, 1.54) is 6.07 Å². The first-order valence-corrected chi connectivity index (χ1v) is 6.72. The highest BCUT2D eigenvalue weighted by Gasteiger charge is 2.24. The molecule has 17 heavy (non-hydrogen) atoms. The molecule has 0 radical (unpaired) electrons. The van der Waals surface area contributed by atoms with Crippen molar-refractivity contribution >= 4 is 31.9 Å². The Balaban J connectivity index is 3.10. The highest BCUT2D eigenvalue weighted by Crippen LogP contribution is 2.19. The van der Waals surface area contributed by atoms with Crippen molar-refractivity contribution < 1.29 is 22.7 Å². The quantitative estimate of drug-likeness (QED) is 0.875. The Labute approximate surface area is 106 Å². The zero-order valence-electron chi connectivity index (χ0n) is 8.65. The largest absolute Gasteiger partial charge is 0.480 e. The molecule has 8 heteroatoms. The fourth-order valence-electron chi connectivity index (χ4n) is 1.04. The average molecular weight is 326 g/mol. The van der Waals surface area contributed by atoms with Gasteiger partial charge >= 0.3 is 5.97 Å². The minimum absolute atomic E-state index is 0.389. The molecule has 1 rings (SSSR count). The molecule has 0 saturated heterocycles. The molecule has 0 aliphatic heterocycles. The number of carboxylic acid groups (broad SMARTS) is 1. The third kappa shape index (κ3) is 3.48. The van der Waals surface area contributed by atoms with Crippen LogP contribution in [0, 0.1) is 5.82 Å². The van der Waals surface area contributed by atoms with Crippen molar-refractivity contribution in [1.29, 1.82) is 0 Å². The fraction of sp³-hybridized carbons (Fsp3) is 0.222. The number of hydrogen-bond donors (Lipinski definition) is 2. The maximum absolute atomic E-state index is 13.4. The number of halogens is 2. The van der Waals surface area contributed by atoms with E-state index in [4.69, 9.17) is 5.11 Å². The van der Waals surface area contributed by atoms with Crippen LogP contribution in [0.1, 0.15) is 6.92 Å². The predicted octanol–water partition coefficient (Wildman–Crippen LogP) is 1.34. The highest BCUT2D eigenvalue weighted by molar-refractivity contribution is 9.10. The number of benzene rings is 1. The van der Waals surface area contributed by atoms with Crippen molar-refractivity contribution in [3.8, 4) is 0 Å². The maximum atomic E-state index is 13.4. The third-order valence-electron chi connectivity index (χ3n) is 1.89. The number of aliphatic carboxylic acids is 1. The lowest BCUT2D eigenvalue weighted by Crippen LogP contribution is -2.38. The summed E-state index contributed by atoms with van der Waals surface area (Å²) in [4.78, 5) is 9.93. The van der Waals surface area contributed by atoms with E-state index in [0.717, 1.165) is 19.1 Å². The maximum Gasteiger partial charge on any atom is 0.321 e. The highest BCUT2D eigenvalue weighted by atomic mass is 79.9. The minimum atomic E-state index is -4.18. The van der Waals surface area contributed by atoms with Gasteiger partial charge in [-0.05, 0) is 25.1 Å². The second-order valence-corrected chi connectivity index (χ2v) is 5.85. The summed E-state index contributed by atoms with van der Waals surface area (Å²) in [5.74, 6) is -2.30. The van der Waals surface area contributed by atoms with E-state index in [1.807, 2.05) is 4.72 Å². The van der Waals surface area contributed by atoms with E-state index in [9.17, 15) is 17.6 Å². The average Bonchev–Trinajstić information content (AvgIpc) is 2.15. The molecule has 0 amide bonds. The van der Waals surface area contributed by atoms with Gasteiger partial charge in [-0.3, -0.25) is 4.79 Å². The summed E-state index contributed by atoms with van der Waals surface area (Å²) in [6.07, 6.45) is 0. The van der Waals surface area contributed by atoms with Gasteiger partial charge in [0.15, 0.2) is 0 Å².